The number of halogens is 1. The maximum absolute atomic E-state index is 13.1. The van der Waals surface area contributed by atoms with Crippen LogP contribution in [0.5, 0.6) is 0 Å². The van der Waals surface area contributed by atoms with Crippen molar-refractivity contribution in [3.8, 4) is 0 Å². The fourth-order valence-electron chi connectivity index (χ4n) is 2.99. The van der Waals surface area contributed by atoms with Gasteiger partial charge in [0, 0.05) is 17.9 Å². The van der Waals surface area contributed by atoms with Crippen molar-refractivity contribution in [1.29, 1.82) is 0 Å². The van der Waals surface area contributed by atoms with E-state index in [0.29, 0.717) is 18.7 Å². The summed E-state index contributed by atoms with van der Waals surface area (Å²) in [6, 6.07) is 10.8. The highest BCUT2D eigenvalue weighted by Crippen LogP contribution is 2.31. The molecule has 2 aromatic rings. The lowest BCUT2D eigenvalue weighted by molar-refractivity contribution is -0.120. The number of nitrogens with two attached hydrogens (primary N) is 1. The Hall–Kier alpha value is -2.89. The molecular weight excluding hydrogens is 321 g/mol. The summed E-state index contributed by atoms with van der Waals surface area (Å²) in [6.07, 6.45) is 0.698. The highest BCUT2D eigenvalue weighted by atomic mass is 19.1. The predicted molar refractivity (Wildman–Crippen MR) is 95.1 cm³/mol. The zero-order chi connectivity index (χ0) is 18.2. The van der Waals surface area contributed by atoms with Crippen LogP contribution in [0.25, 0.3) is 0 Å². The molecule has 1 aliphatic rings. The molecule has 0 bridgehead atoms. The number of anilines is 2. The molecule has 0 fully saturated rings. The molecule has 6 heteroatoms. The fraction of sp³-hybridized carbons (Fsp3) is 0.263. The standard InChI is InChI=1S/C19H20FN3O2/c1-19(2,13-3-5-14(20)6-4-13)17(24)22-15-7-8-16-12(11-15)9-10-23(16)18(21)25/h3-8,11H,9-10H2,1-2H3,(H2,21,25)(H,22,24). The Labute approximate surface area is 145 Å². The number of fused-ring (bicyclic) bond motifs is 1. The summed E-state index contributed by atoms with van der Waals surface area (Å²) in [5, 5.41) is 2.90. The molecule has 3 amide bonds. The maximum atomic E-state index is 13.1. The molecule has 0 radical (unpaired) electrons. The molecule has 0 aliphatic carbocycles. The third kappa shape index (κ3) is 3.20. The summed E-state index contributed by atoms with van der Waals surface area (Å²) in [5.41, 5.74) is 7.68. The minimum absolute atomic E-state index is 0.191. The van der Waals surface area contributed by atoms with E-state index in [0.717, 1.165) is 16.8 Å². The average Bonchev–Trinajstić information content (AvgIpc) is 2.98. The van der Waals surface area contributed by atoms with Gasteiger partial charge in [0.25, 0.3) is 0 Å². The molecule has 2 aromatic carbocycles. The van der Waals surface area contributed by atoms with Crippen molar-refractivity contribution in [1.82, 2.24) is 0 Å². The molecule has 1 aliphatic heterocycles. The highest BCUT2D eigenvalue weighted by Gasteiger charge is 2.30. The van der Waals surface area contributed by atoms with Gasteiger partial charge < -0.3 is 11.1 Å². The highest BCUT2D eigenvalue weighted by molar-refractivity contribution is 5.99. The summed E-state index contributed by atoms with van der Waals surface area (Å²) in [6.45, 7) is 4.12. The van der Waals surface area contributed by atoms with E-state index in [2.05, 4.69) is 5.32 Å². The number of hydrogen-bond donors (Lipinski definition) is 2. The van der Waals surface area contributed by atoms with Gasteiger partial charge in [-0.15, -0.1) is 0 Å². The Balaban J connectivity index is 1.79. The first-order valence-electron chi connectivity index (χ1n) is 8.06. The van der Waals surface area contributed by atoms with Crippen molar-refractivity contribution in [3.63, 3.8) is 0 Å². The lowest BCUT2D eigenvalue weighted by Gasteiger charge is -2.24. The van der Waals surface area contributed by atoms with Gasteiger partial charge in [0.2, 0.25) is 5.91 Å². The van der Waals surface area contributed by atoms with Crippen molar-refractivity contribution in [2.24, 2.45) is 5.73 Å². The van der Waals surface area contributed by atoms with Gasteiger partial charge in [-0.3, -0.25) is 9.69 Å². The number of carbonyl (C=O) groups is 2. The van der Waals surface area contributed by atoms with Crippen molar-refractivity contribution < 1.29 is 14.0 Å². The van der Waals surface area contributed by atoms with Crippen LogP contribution >= 0.6 is 0 Å². The number of carbonyl (C=O) groups excluding carboxylic acids is 2. The van der Waals surface area contributed by atoms with E-state index in [1.807, 2.05) is 6.07 Å². The summed E-state index contributed by atoms with van der Waals surface area (Å²) >= 11 is 0. The zero-order valence-electron chi connectivity index (χ0n) is 14.2. The molecular formula is C19H20FN3O2. The zero-order valence-corrected chi connectivity index (χ0v) is 14.2. The summed E-state index contributed by atoms with van der Waals surface area (Å²) in [7, 11) is 0. The van der Waals surface area contributed by atoms with E-state index in [4.69, 9.17) is 5.73 Å². The smallest absolute Gasteiger partial charge is 0.319 e. The first kappa shape index (κ1) is 17.0. The average molecular weight is 341 g/mol. The fourth-order valence-corrected chi connectivity index (χ4v) is 2.99. The second kappa shape index (κ2) is 6.20. The Morgan fingerprint density at radius 2 is 1.84 bits per heavy atom. The van der Waals surface area contributed by atoms with Gasteiger partial charge in [0.05, 0.1) is 5.41 Å². The molecule has 0 saturated carbocycles. The van der Waals surface area contributed by atoms with Crippen LogP contribution in [0.2, 0.25) is 0 Å². The van der Waals surface area contributed by atoms with Crippen LogP contribution in [-0.2, 0) is 16.6 Å². The number of nitrogens with zero attached hydrogens (tertiary/aromatic N) is 1. The molecule has 0 unspecified atom stereocenters. The van der Waals surface area contributed by atoms with Crippen LogP contribution in [0.1, 0.15) is 25.0 Å². The monoisotopic (exact) mass is 341 g/mol. The number of amides is 3. The van der Waals surface area contributed by atoms with Gasteiger partial charge in [-0.25, -0.2) is 9.18 Å². The Morgan fingerprint density at radius 1 is 1.16 bits per heavy atom. The SMILES string of the molecule is CC(C)(C(=O)Nc1ccc2c(c1)CCN2C(N)=O)c1ccc(F)cc1. The predicted octanol–water partition coefficient (Wildman–Crippen LogP) is 3.18. The third-order valence-electron chi connectivity index (χ3n) is 4.63. The van der Waals surface area contributed by atoms with Crippen LogP contribution < -0.4 is 16.0 Å². The minimum atomic E-state index is -0.814. The second-order valence-corrected chi connectivity index (χ2v) is 6.67. The number of hydrogen-bond acceptors (Lipinski definition) is 2. The normalized spacial score (nSPS) is 13.5. The van der Waals surface area contributed by atoms with Gasteiger partial charge in [0.1, 0.15) is 5.82 Å². The maximum Gasteiger partial charge on any atom is 0.319 e. The van der Waals surface area contributed by atoms with Crippen molar-refractivity contribution in [3.05, 3.63) is 59.4 Å². The Bertz CT molecular complexity index is 831. The molecule has 25 heavy (non-hydrogen) atoms. The third-order valence-corrected chi connectivity index (χ3v) is 4.63. The first-order chi connectivity index (χ1) is 11.8. The van der Waals surface area contributed by atoms with E-state index in [1.54, 1.807) is 38.1 Å². The van der Waals surface area contributed by atoms with Crippen LogP contribution in [0.3, 0.4) is 0 Å². The molecule has 5 nitrogen and oxygen atoms in total. The molecule has 0 saturated heterocycles. The van der Waals surface area contributed by atoms with Crippen molar-refractivity contribution >= 4 is 23.3 Å². The van der Waals surface area contributed by atoms with Crippen LogP contribution in [0.4, 0.5) is 20.6 Å². The molecule has 3 N–H and O–H groups in total. The number of nitrogens with one attached hydrogen (secondary N) is 1. The number of benzene rings is 2. The first-order valence-corrected chi connectivity index (χ1v) is 8.06. The summed E-state index contributed by atoms with van der Waals surface area (Å²) in [4.78, 5) is 25.6. The topological polar surface area (TPSA) is 75.4 Å². The lowest BCUT2D eigenvalue weighted by Crippen LogP contribution is -2.35. The van der Waals surface area contributed by atoms with Gasteiger partial charge in [-0.2, -0.15) is 0 Å². The lowest BCUT2D eigenvalue weighted by atomic mass is 9.83. The van der Waals surface area contributed by atoms with E-state index < -0.39 is 11.4 Å². The summed E-state index contributed by atoms with van der Waals surface area (Å²) < 4.78 is 13.1. The van der Waals surface area contributed by atoms with Gasteiger partial charge >= 0.3 is 6.03 Å². The summed E-state index contributed by atoms with van der Waals surface area (Å²) in [5.74, 6) is -0.526. The molecule has 0 spiro atoms. The van der Waals surface area contributed by atoms with Gasteiger partial charge in [-0.1, -0.05) is 12.1 Å². The van der Waals surface area contributed by atoms with Crippen LogP contribution in [-0.4, -0.2) is 18.5 Å². The number of primary amides is 1. The van der Waals surface area contributed by atoms with Crippen molar-refractivity contribution in [2.45, 2.75) is 25.7 Å². The molecule has 130 valence electrons. The Morgan fingerprint density at radius 3 is 2.48 bits per heavy atom. The van der Waals surface area contributed by atoms with Gasteiger partial charge in [-0.05, 0) is 61.7 Å². The molecule has 0 atom stereocenters. The van der Waals surface area contributed by atoms with E-state index in [-0.39, 0.29) is 11.7 Å². The van der Waals surface area contributed by atoms with Gasteiger partial charge in [0.15, 0.2) is 0 Å². The molecule has 1 heterocycles. The van der Waals surface area contributed by atoms with Crippen LogP contribution in [0.15, 0.2) is 42.5 Å². The van der Waals surface area contributed by atoms with Crippen molar-refractivity contribution in [2.75, 3.05) is 16.8 Å². The number of rotatable bonds is 3. The van der Waals surface area contributed by atoms with E-state index in [1.165, 1.54) is 17.0 Å². The van der Waals surface area contributed by atoms with E-state index >= 15 is 0 Å². The van der Waals surface area contributed by atoms with E-state index in [9.17, 15) is 14.0 Å². The molecule has 0 aromatic heterocycles. The molecule has 3 rings (SSSR count). The number of urea groups is 1. The van der Waals surface area contributed by atoms with Crippen LogP contribution in [0, 0.1) is 5.82 Å². The largest absolute Gasteiger partial charge is 0.351 e. The second-order valence-electron chi connectivity index (χ2n) is 6.67. The minimum Gasteiger partial charge on any atom is -0.351 e. The quantitative estimate of drug-likeness (QED) is 0.900. The Kier molecular flexibility index (Phi) is 4.20.